The predicted octanol–water partition coefficient (Wildman–Crippen LogP) is 3.17. The van der Waals surface area contributed by atoms with Gasteiger partial charge in [0.2, 0.25) is 0 Å². The number of hydrogen-bond donors (Lipinski definition) is 1. The van der Waals surface area contributed by atoms with Crippen molar-refractivity contribution in [3.63, 3.8) is 0 Å². The average Bonchev–Trinajstić information content (AvgIpc) is 2.50. The van der Waals surface area contributed by atoms with E-state index in [1.807, 2.05) is 30.3 Å². The van der Waals surface area contributed by atoms with E-state index in [0.717, 1.165) is 0 Å². The highest BCUT2D eigenvalue weighted by atomic mass is 35.5. The molecule has 0 saturated carbocycles. The van der Waals surface area contributed by atoms with Crippen LogP contribution in [0.1, 0.15) is 0 Å². The van der Waals surface area contributed by atoms with Gasteiger partial charge in [-0.05, 0) is 30.3 Å². The van der Waals surface area contributed by atoms with Crippen molar-refractivity contribution < 1.29 is 19.3 Å². The zero-order valence-electron chi connectivity index (χ0n) is 11.5. The van der Waals surface area contributed by atoms with Crippen LogP contribution in [0.15, 0.2) is 48.5 Å². The molecule has 0 heterocycles. The van der Waals surface area contributed by atoms with Gasteiger partial charge in [0.05, 0.1) is 6.61 Å². The van der Waals surface area contributed by atoms with Crippen LogP contribution < -0.4 is 14.2 Å². The Bertz CT molecular complexity index is 559. The third-order valence-electron chi connectivity index (χ3n) is 2.60. The second-order valence-electron chi connectivity index (χ2n) is 4.17. The maximum absolute atomic E-state index is 8.78. The lowest BCUT2D eigenvalue weighted by Gasteiger charge is -2.12. The molecule has 2 aromatic carbocycles. The molecule has 0 fully saturated rings. The van der Waals surface area contributed by atoms with E-state index >= 15 is 0 Å². The van der Waals surface area contributed by atoms with Gasteiger partial charge in [-0.2, -0.15) is 0 Å². The number of hydrogen-bond acceptors (Lipinski definition) is 4. The van der Waals surface area contributed by atoms with Crippen LogP contribution in [-0.4, -0.2) is 31.5 Å². The van der Waals surface area contributed by atoms with Crippen molar-refractivity contribution in [2.75, 3.05) is 26.4 Å². The minimum Gasteiger partial charge on any atom is -0.490 e. The first-order valence-electron chi connectivity index (χ1n) is 6.63. The monoisotopic (exact) mass is 308 g/mol. The van der Waals surface area contributed by atoms with Gasteiger partial charge in [-0.15, -0.1) is 0 Å². The predicted molar refractivity (Wildman–Crippen MR) is 81.5 cm³/mol. The van der Waals surface area contributed by atoms with Crippen molar-refractivity contribution in [2.45, 2.75) is 0 Å². The van der Waals surface area contributed by atoms with Crippen molar-refractivity contribution in [3.8, 4) is 17.2 Å². The molecule has 0 spiro atoms. The summed E-state index contributed by atoms with van der Waals surface area (Å²) in [5, 5.41) is 9.42. The Kier molecular flexibility index (Phi) is 6.19. The van der Waals surface area contributed by atoms with E-state index in [-0.39, 0.29) is 13.2 Å². The molecule has 0 aliphatic rings. The number of halogens is 1. The molecule has 112 valence electrons. The van der Waals surface area contributed by atoms with Crippen molar-refractivity contribution in [2.24, 2.45) is 0 Å². The van der Waals surface area contributed by atoms with Gasteiger partial charge in [0.25, 0.3) is 0 Å². The number of aliphatic hydroxyl groups excluding tert-OH is 1. The summed E-state index contributed by atoms with van der Waals surface area (Å²) in [6.07, 6.45) is 0. The van der Waals surface area contributed by atoms with Crippen LogP contribution in [0.4, 0.5) is 0 Å². The smallest absolute Gasteiger partial charge is 0.161 e. The highest BCUT2D eigenvalue weighted by Crippen LogP contribution is 2.26. The fourth-order valence-corrected chi connectivity index (χ4v) is 1.89. The zero-order valence-corrected chi connectivity index (χ0v) is 12.3. The Labute approximate surface area is 128 Å². The molecule has 0 bridgehead atoms. The fourth-order valence-electron chi connectivity index (χ4n) is 1.71. The van der Waals surface area contributed by atoms with Gasteiger partial charge in [-0.1, -0.05) is 29.8 Å². The highest BCUT2D eigenvalue weighted by Gasteiger charge is 2.04. The van der Waals surface area contributed by atoms with Crippen LogP contribution in [0.25, 0.3) is 0 Å². The molecule has 0 atom stereocenters. The SMILES string of the molecule is OCCOc1ccccc1OCCOc1cccc(Cl)c1. The van der Waals surface area contributed by atoms with E-state index < -0.39 is 0 Å². The van der Waals surface area contributed by atoms with E-state index in [4.69, 9.17) is 30.9 Å². The van der Waals surface area contributed by atoms with E-state index in [1.165, 1.54) is 0 Å². The Morgan fingerprint density at radius 3 is 2.14 bits per heavy atom. The summed E-state index contributed by atoms with van der Waals surface area (Å²) in [5.74, 6) is 1.94. The van der Waals surface area contributed by atoms with E-state index in [1.54, 1.807) is 18.2 Å². The second kappa shape index (κ2) is 8.39. The lowest BCUT2D eigenvalue weighted by molar-refractivity contribution is 0.184. The molecule has 4 nitrogen and oxygen atoms in total. The van der Waals surface area contributed by atoms with Gasteiger partial charge in [0.15, 0.2) is 11.5 Å². The highest BCUT2D eigenvalue weighted by molar-refractivity contribution is 6.30. The van der Waals surface area contributed by atoms with Gasteiger partial charge in [-0.3, -0.25) is 0 Å². The second-order valence-corrected chi connectivity index (χ2v) is 4.61. The van der Waals surface area contributed by atoms with Crippen molar-refractivity contribution >= 4 is 11.6 Å². The van der Waals surface area contributed by atoms with Crippen molar-refractivity contribution in [3.05, 3.63) is 53.6 Å². The van der Waals surface area contributed by atoms with E-state index in [9.17, 15) is 0 Å². The number of rotatable bonds is 8. The lowest BCUT2D eigenvalue weighted by Crippen LogP contribution is -2.10. The summed E-state index contributed by atoms with van der Waals surface area (Å²) in [6.45, 7) is 0.978. The molecule has 0 radical (unpaired) electrons. The first-order valence-corrected chi connectivity index (χ1v) is 7.01. The topological polar surface area (TPSA) is 47.9 Å². The zero-order chi connectivity index (χ0) is 14.9. The van der Waals surface area contributed by atoms with Crippen LogP contribution in [0.2, 0.25) is 5.02 Å². The van der Waals surface area contributed by atoms with Crippen LogP contribution in [0, 0.1) is 0 Å². The molecule has 0 aromatic heterocycles. The normalized spacial score (nSPS) is 10.2. The lowest BCUT2D eigenvalue weighted by atomic mass is 10.3. The quantitative estimate of drug-likeness (QED) is 0.761. The third kappa shape index (κ3) is 5.17. The van der Waals surface area contributed by atoms with E-state index in [2.05, 4.69) is 0 Å². The standard InChI is InChI=1S/C16H17ClO4/c17-13-4-3-5-14(12-13)19-10-11-21-16-7-2-1-6-15(16)20-9-8-18/h1-7,12,18H,8-11H2. The van der Waals surface area contributed by atoms with Gasteiger partial charge in [0.1, 0.15) is 25.6 Å². The van der Waals surface area contributed by atoms with Gasteiger partial charge in [0, 0.05) is 5.02 Å². The van der Waals surface area contributed by atoms with Gasteiger partial charge >= 0.3 is 0 Å². The first-order chi connectivity index (χ1) is 10.3. The molecule has 5 heteroatoms. The third-order valence-corrected chi connectivity index (χ3v) is 2.84. The van der Waals surface area contributed by atoms with Crippen molar-refractivity contribution in [1.82, 2.24) is 0 Å². The first kappa shape index (κ1) is 15.5. The Morgan fingerprint density at radius 1 is 0.810 bits per heavy atom. The summed E-state index contributed by atoms with van der Waals surface area (Å²) in [7, 11) is 0. The maximum atomic E-state index is 8.78. The molecule has 0 aliphatic carbocycles. The molecule has 2 rings (SSSR count). The number of para-hydroxylation sites is 2. The van der Waals surface area contributed by atoms with E-state index in [0.29, 0.717) is 35.5 Å². The average molecular weight is 309 g/mol. The van der Waals surface area contributed by atoms with Crippen molar-refractivity contribution in [1.29, 1.82) is 0 Å². The minimum absolute atomic E-state index is 0.0355. The van der Waals surface area contributed by atoms with Crippen LogP contribution >= 0.6 is 11.6 Å². The molecule has 1 N–H and O–H groups in total. The molecule has 0 saturated heterocycles. The molecule has 21 heavy (non-hydrogen) atoms. The summed E-state index contributed by atoms with van der Waals surface area (Å²) < 4.78 is 16.5. The number of ether oxygens (including phenoxy) is 3. The summed E-state index contributed by atoms with van der Waals surface area (Å²) in [5.41, 5.74) is 0. The number of aliphatic hydroxyl groups is 1. The Hall–Kier alpha value is -1.91. The fraction of sp³-hybridized carbons (Fsp3) is 0.250. The Morgan fingerprint density at radius 2 is 1.48 bits per heavy atom. The maximum Gasteiger partial charge on any atom is 0.161 e. The molecular weight excluding hydrogens is 292 g/mol. The van der Waals surface area contributed by atoms with Crippen LogP contribution in [0.3, 0.4) is 0 Å². The molecule has 0 amide bonds. The van der Waals surface area contributed by atoms with Gasteiger partial charge in [-0.25, -0.2) is 0 Å². The molecule has 2 aromatic rings. The largest absolute Gasteiger partial charge is 0.490 e. The Balaban J connectivity index is 1.80. The summed E-state index contributed by atoms with van der Waals surface area (Å²) in [4.78, 5) is 0. The van der Waals surface area contributed by atoms with Gasteiger partial charge < -0.3 is 19.3 Å². The van der Waals surface area contributed by atoms with Crippen LogP contribution in [-0.2, 0) is 0 Å². The molecule has 0 unspecified atom stereocenters. The molecular formula is C16H17ClO4. The number of benzene rings is 2. The molecule has 0 aliphatic heterocycles. The summed E-state index contributed by atoms with van der Waals surface area (Å²) in [6, 6.07) is 14.5. The van der Waals surface area contributed by atoms with Crippen LogP contribution in [0.5, 0.6) is 17.2 Å². The summed E-state index contributed by atoms with van der Waals surface area (Å²) >= 11 is 5.87. The minimum atomic E-state index is -0.0355.